The van der Waals surface area contributed by atoms with Gasteiger partial charge in [-0.2, -0.15) is 0 Å². The molecule has 0 heterocycles. The quantitative estimate of drug-likeness (QED) is 0.598. The summed E-state index contributed by atoms with van der Waals surface area (Å²) >= 11 is 6.21. The molecule has 1 N–H and O–H groups in total. The molecular weight excluding hydrogens is 322 g/mol. The minimum atomic E-state index is 0.420. The number of hydrogen-bond donors (Lipinski definition) is 1. The van der Waals surface area contributed by atoms with E-state index in [9.17, 15) is 0 Å². The lowest BCUT2D eigenvalue weighted by molar-refractivity contribution is 0.280. The molecule has 0 aliphatic rings. The first-order valence-electron chi connectivity index (χ1n) is 8.49. The zero-order valence-corrected chi connectivity index (χ0v) is 15.2. The third-order valence-electron chi connectivity index (χ3n) is 3.88. The summed E-state index contributed by atoms with van der Waals surface area (Å²) in [4.78, 5) is 0. The number of halogens is 1. The molecule has 0 saturated carbocycles. The van der Waals surface area contributed by atoms with Gasteiger partial charge in [-0.05, 0) is 25.1 Å². The van der Waals surface area contributed by atoms with Crippen molar-refractivity contribution in [1.29, 1.82) is 0 Å². The highest BCUT2D eigenvalue weighted by atomic mass is 35.5. The van der Waals surface area contributed by atoms with Gasteiger partial charge >= 0.3 is 0 Å². The molecule has 0 saturated heterocycles. The second-order valence-electron chi connectivity index (χ2n) is 5.71. The van der Waals surface area contributed by atoms with Crippen molar-refractivity contribution < 1.29 is 9.47 Å². The fraction of sp³-hybridized carbons (Fsp3) is 0.400. The van der Waals surface area contributed by atoms with Crippen LogP contribution in [0.3, 0.4) is 0 Å². The number of hydrogen-bond acceptors (Lipinski definition) is 3. The van der Waals surface area contributed by atoms with Gasteiger partial charge in [-0.1, -0.05) is 61.7 Å². The summed E-state index contributed by atoms with van der Waals surface area (Å²) in [7, 11) is 1.66. The third kappa shape index (κ3) is 5.43. The number of benzene rings is 2. The molecule has 2 aromatic rings. The standard InChI is InChI=1S/C20H26ClNO2/c1-3-4-7-13-22-14-16-10-8-12-19(23-2)20(16)24-15-17-9-5-6-11-18(17)21/h5-6,8-12,22H,3-4,7,13-15H2,1-2H3. The van der Waals surface area contributed by atoms with Crippen LogP contribution in [-0.4, -0.2) is 13.7 Å². The molecule has 0 aliphatic carbocycles. The van der Waals surface area contributed by atoms with Crippen LogP contribution >= 0.6 is 11.6 Å². The molecule has 0 amide bonds. The van der Waals surface area contributed by atoms with Crippen LogP contribution in [0.25, 0.3) is 0 Å². The number of ether oxygens (including phenoxy) is 2. The van der Waals surface area contributed by atoms with Crippen molar-refractivity contribution in [1.82, 2.24) is 5.32 Å². The molecule has 2 aromatic carbocycles. The van der Waals surface area contributed by atoms with E-state index in [-0.39, 0.29) is 0 Å². The molecule has 0 unspecified atom stereocenters. The second kappa shape index (κ2) is 10.2. The number of nitrogens with one attached hydrogen (secondary N) is 1. The summed E-state index contributed by atoms with van der Waals surface area (Å²) < 4.78 is 11.5. The Balaban J connectivity index is 2.04. The predicted octanol–water partition coefficient (Wildman–Crippen LogP) is 5.21. The van der Waals surface area contributed by atoms with Crippen LogP contribution in [-0.2, 0) is 13.2 Å². The molecule has 0 aromatic heterocycles. The number of unbranched alkanes of at least 4 members (excludes halogenated alkanes) is 2. The summed E-state index contributed by atoms with van der Waals surface area (Å²) in [5.74, 6) is 1.53. The van der Waals surface area contributed by atoms with Gasteiger partial charge in [0.05, 0.1) is 7.11 Å². The number of methoxy groups -OCH3 is 1. The summed E-state index contributed by atoms with van der Waals surface area (Å²) in [6.45, 7) is 4.40. The maximum absolute atomic E-state index is 6.21. The van der Waals surface area contributed by atoms with Crippen LogP contribution in [0.4, 0.5) is 0 Å². The summed E-state index contributed by atoms with van der Waals surface area (Å²) in [5, 5.41) is 4.19. The Morgan fingerprint density at radius 3 is 2.54 bits per heavy atom. The lowest BCUT2D eigenvalue weighted by Gasteiger charge is -2.16. The highest BCUT2D eigenvalue weighted by Crippen LogP contribution is 2.32. The first-order chi connectivity index (χ1) is 11.8. The Kier molecular flexibility index (Phi) is 7.93. The van der Waals surface area contributed by atoms with Crippen molar-refractivity contribution in [2.24, 2.45) is 0 Å². The molecule has 0 radical (unpaired) electrons. The Bertz CT molecular complexity index is 631. The second-order valence-corrected chi connectivity index (χ2v) is 6.12. The summed E-state index contributed by atoms with van der Waals surface area (Å²) in [5.41, 5.74) is 2.06. The van der Waals surface area contributed by atoms with E-state index in [1.165, 1.54) is 19.3 Å². The molecule has 0 aliphatic heterocycles. The number of rotatable bonds is 10. The first-order valence-corrected chi connectivity index (χ1v) is 8.86. The lowest BCUT2D eigenvalue weighted by Crippen LogP contribution is -2.15. The van der Waals surface area contributed by atoms with E-state index in [1.807, 2.05) is 36.4 Å². The van der Waals surface area contributed by atoms with Gasteiger partial charge in [-0.3, -0.25) is 0 Å². The third-order valence-corrected chi connectivity index (χ3v) is 4.25. The van der Waals surface area contributed by atoms with Gasteiger partial charge in [0.25, 0.3) is 0 Å². The molecule has 3 nitrogen and oxygen atoms in total. The molecule has 0 spiro atoms. The van der Waals surface area contributed by atoms with Gasteiger partial charge in [-0.25, -0.2) is 0 Å². The van der Waals surface area contributed by atoms with E-state index >= 15 is 0 Å². The van der Waals surface area contributed by atoms with Gasteiger partial charge in [0.15, 0.2) is 11.5 Å². The van der Waals surface area contributed by atoms with Crippen molar-refractivity contribution in [2.75, 3.05) is 13.7 Å². The van der Waals surface area contributed by atoms with E-state index < -0.39 is 0 Å². The van der Waals surface area contributed by atoms with Crippen LogP contribution in [0.5, 0.6) is 11.5 Å². The van der Waals surface area contributed by atoms with Gasteiger partial charge in [-0.15, -0.1) is 0 Å². The van der Waals surface area contributed by atoms with Crippen molar-refractivity contribution in [3.63, 3.8) is 0 Å². The predicted molar refractivity (Wildman–Crippen MR) is 100 cm³/mol. The van der Waals surface area contributed by atoms with Crippen molar-refractivity contribution >= 4 is 11.6 Å². The van der Waals surface area contributed by atoms with Crippen LogP contribution in [0, 0.1) is 0 Å². The molecule has 130 valence electrons. The van der Waals surface area contributed by atoms with Crippen LogP contribution in [0.2, 0.25) is 5.02 Å². The Hall–Kier alpha value is -1.71. The van der Waals surface area contributed by atoms with E-state index in [2.05, 4.69) is 18.3 Å². The maximum atomic E-state index is 6.21. The molecular formula is C20H26ClNO2. The van der Waals surface area contributed by atoms with Gasteiger partial charge in [0.1, 0.15) is 6.61 Å². The monoisotopic (exact) mass is 347 g/mol. The van der Waals surface area contributed by atoms with E-state index in [0.29, 0.717) is 11.6 Å². The number of para-hydroxylation sites is 1. The maximum Gasteiger partial charge on any atom is 0.166 e. The smallest absolute Gasteiger partial charge is 0.166 e. The molecule has 0 fully saturated rings. The Morgan fingerprint density at radius 1 is 1.00 bits per heavy atom. The molecule has 0 bridgehead atoms. The minimum absolute atomic E-state index is 0.420. The average molecular weight is 348 g/mol. The summed E-state index contributed by atoms with van der Waals surface area (Å²) in [6.07, 6.45) is 3.67. The normalized spacial score (nSPS) is 10.6. The SMILES string of the molecule is CCCCCNCc1cccc(OC)c1OCc1ccccc1Cl. The summed E-state index contributed by atoms with van der Waals surface area (Å²) in [6, 6.07) is 13.7. The van der Waals surface area contributed by atoms with Crippen molar-refractivity contribution in [3.05, 3.63) is 58.6 Å². The fourth-order valence-electron chi connectivity index (χ4n) is 2.51. The first kappa shape index (κ1) is 18.6. The van der Waals surface area contributed by atoms with Crippen LogP contribution < -0.4 is 14.8 Å². The minimum Gasteiger partial charge on any atom is -0.493 e. The van der Waals surface area contributed by atoms with E-state index in [1.54, 1.807) is 7.11 Å². The highest BCUT2D eigenvalue weighted by molar-refractivity contribution is 6.31. The topological polar surface area (TPSA) is 30.5 Å². The molecule has 24 heavy (non-hydrogen) atoms. The molecule has 4 heteroatoms. The molecule has 0 atom stereocenters. The average Bonchev–Trinajstić information content (AvgIpc) is 2.61. The largest absolute Gasteiger partial charge is 0.493 e. The van der Waals surface area contributed by atoms with Gasteiger partial charge < -0.3 is 14.8 Å². The van der Waals surface area contributed by atoms with Crippen molar-refractivity contribution in [2.45, 2.75) is 39.3 Å². The Morgan fingerprint density at radius 2 is 1.79 bits per heavy atom. The van der Waals surface area contributed by atoms with E-state index in [0.717, 1.165) is 35.7 Å². The van der Waals surface area contributed by atoms with E-state index in [4.69, 9.17) is 21.1 Å². The zero-order valence-electron chi connectivity index (χ0n) is 14.5. The highest BCUT2D eigenvalue weighted by Gasteiger charge is 2.11. The van der Waals surface area contributed by atoms with Crippen molar-refractivity contribution in [3.8, 4) is 11.5 Å². The van der Waals surface area contributed by atoms with Crippen LogP contribution in [0.15, 0.2) is 42.5 Å². The molecule has 2 rings (SSSR count). The Labute approximate surface area is 149 Å². The zero-order chi connectivity index (χ0) is 17.2. The van der Waals surface area contributed by atoms with Crippen LogP contribution in [0.1, 0.15) is 37.3 Å². The van der Waals surface area contributed by atoms with Gasteiger partial charge in [0.2, 0.25) is 0 Å². The lowest BCUT2D eigenvalue weighted by atomic mass is 10.1. The fourth-order valence-corrected chi connectivity index (χ4v) is 2.70. The van der Waals surface area contributed by atoms with Gasteiger partial charge in [0, 0.05) is 22.7 Å².